The Bertz CT molecular complexity index is 485. The molecule has 0 spiro atoms. The molecule has 0 aliphatic carbocycles. The fourth-order valence-corrected chi connectivity index (χ4v) is 2.73. The van der Waals surface area contributed by atoms with Crippen molar-refractivity contribution in [1.82, 2.24) is 4.90 Å². The summed E-state index contributed by atoms with van der Waals surface area (Å²) in [6, 6.07) is -1.54. The third-order valence-electron chi connectivity index (χ3n) is 4.17. The summed E-state index contributed by atoms with van der Waals surface area (Å²) in [5.74, 6) is -3.65. The number of carbonyl (C=O) groups is 4. The van der Waals surface area contributed by atoms with Gasteiger partial charge in [-0.2, -0.15) is 0 Å². The number of carbonyl (C=O) groups excluding carboxylic acids is 4. The summed E-state index contributed by atoms with van der Waals surface area (Å²) < 4.78 is 4.66. The summed E-state index contributed by atoms with van der Waals surface area (Å²) >= 11 is 0. The first kappa shape index (κ1) is 29.0. The van der Waals surface area contributed by atoms with Crippen molar-refractivity contribution in [2.45, 2.75) is 90.5 Å². The van der Waals surface area contributed by atoms with Gasteiger partial charge in [-0.25, -0.2) is 4.79 Å². The summed E-state index contributed by atoms with van der Waals surface area (Å²) in [7, 11) is 0. The van der Waals surface area contributed by atoms with Crippen LogP contribution in [0.1, 0.15) is 84.5 Å². The zero-order valence-corrected chi connectivity index (χ0v) is 19.5. The van der Waals surface area contributed by atoms with Crippen LogP contribution in [-0.4, -0.2) is 34.7 Å². The van der Waals surface area contributed by atoms with Crippen LogP contribution in [0.25, 0.3) is 0 Å². The molecule has 0 aromatic heterocycles. The van der Waals surface area contributed by atoms with Crippen molar-refractivity contribution in [3.05, 3.63) is 12.8 Å². The number of esters is 1. The van der Waals surface area contributed by atoms with E-state index < -0.39 is 36.2 Å². The fraction of sp³-hybridized carbons (Fsp3) is 0.700. The van der Waals surface area contributed by atoms with Gasteiger partial charge in [0.25, 0.3) is 0 Å². The number of aliphatic carboxylic acids is 1. The molecule has 0 bridgehead atoms. The SMILES string of the molecule is C=COC(=O)C(CC(=O)[O-])N(C(=O)CCCCCC)C(=O)CCCCCC.[Na+]. The molecule has 1 unspecified atom stereocenters. The van der Waals surface area contributed by atoms with Crippen molar-refractivity contribution in [3.8, 4) is 0 Å². The molecule has 0 aromatic rings. The van der Waals surface area contributed by atoms with Crippen LogP contribution < -0.4 is 34.7 Å². The molecule has 0 rings (SSSR count). The quantitative estimate of drug-likeness (QED) is 0.157. The summed E-state index contributed by atoms with van der Waals surface area (Å²) in [5, 5.41) is 11.1. The average molecular weight is 405 g/mol. The van der Waals surface area contributed by atoms with E-state index in [1.807, 2.05) is 13.8 Å². The van der Waals surface area contributed by atoms with E-state index in [2.05, 4.69) is 11.3 Å². The maximum Gasteiger partial charge on any atom is 1.00 e. The van der Waals surface area contributed by atoms with E-state index in [-0.39, 0.29) is 42.4 Å². The standard InChI is InChI=1S/C20H33NO6.Na/c1-4-7-9-11-13-17(22)21(18(23)14-12-10-8-5-2)16(15-19(24)25)20(26)27-6-3;/h6,16H,3-5,7-15H2,1-2H3,(H,24,25);/q;+1/p-1. The van der Waals surface area contributed by atoms with Crippen molar-refractivity contribution in [1.29, 1.82) is 0 Å². The molecule has 28 heavy (non-hydrogen) atoms. The second-order valence-electron chi connectivity index (χ2n) is 6.47. The Morgan fingerprint density at radius 3 is 1.75 bits per heavy atom. The first-order valence-electron chi connectivity index (χ1n) is 9.75. The number of unbranched alkanes of at least 4 members (excludes halogenated alkanes) is 6. The third kappa shape index (κ3) is 12.3. The first-order chi connectivity index (χ1) is 12.9. The Hall–Kier alpha value is -1.18. The minimum atomic E-state index is -1.54. The fourth-order valence-electron chi connectivity index (χ4n) is 2.73. The number of hydrogen-bond acceptors (Lipinski definition) is 6. The van der Waals surface area contributed by atoms with Crippen LogP contribution in [-0.2, 0) is 23.9 Å². The molecule has 154 valence electrons. The van der Waals surface area contributed by atoms with Crippen molar-refractivity contribution < 1.29 is 58.6 Å². The van der Waals surface area contributed by atoms with Gasteiger partial charge in [0.1, 0.15) is 6.04 Å². The number of amides is 2. The number of ether oxygens (including phenoxy) is 1. The Morgan fingerprint density at radius 1 is 0.929 bits per heavy atom. The number of nitrogens with zero attached hydrogens (tertiary/aromatic N) is 1. The molecule has 0 aliphatic rings. The molecular weight excluding hydrogens is 373 g/mol. The Balaban J connectivity index is 0. The van der Waals surface area contributed by atoms with Crippen molar-refractivity contribution in [3.63, 3.8) is 0 Å². The Kier molecular flexibility index (Phi) is 18.5. The number of imide groups is 1. The van der Waals surface area contributed by atoms with Crippen molar-refractivity contribution >= 4 is 23.8 Å². The summed E-state index contributed by atoms with van der Waals surface area (Å²) in [6.45, 7) is 7.33. The van der Waals surface area contributed by atoms with Gasteiger partial charge in [0, 0.05) is 25.2 Å². The van der Waals surface area contributed by atoms with Crippen LogP contribution in [0.15, 0.2) is 12.8 Å². The van der Waals surface area contributed by atoms with E-state index in [4.69, 9.17) is 0 Å². The molecule has 0 heterocycles. The Labute approximate surface area is 190 Å². The maximum atomic E-state index is 12.6. The molecule has 0 saturated heterocycles. The van der Waals surface area contributed by atoms with Gasteiger partial charge in [-0.3, -0.25) is 14.5 Å². The van der Waals surface area contributed by atoms with Gasteiger partial charge in [0.2, 0.25) is 11.8 Å². The molecule has 0 fully saturated rings. The van der Waals surface area contributed by atoms with E-state index in [1.165, 1.54) is 0 Å². The molecule has 0 saturated carbocycles. The number of rotatable bonds is 15. The second kappa shape index (κ2) is 17.9. The largest absolute Gasteiger partial charge is 1.00 e. The van der Waals surface area contributed by atoms with E-state index in [0.29, 0.717) is 12.8 Å². The number of carboxylic acids is 1. The molecule has 7 nitrogen and oxygen atoms in total. The van der Waals surface area contributed by atoms with Crippen LogP contribution in [0.3, 0.4) is 0 Å². The van der Waals surface area contributed by atoms with Gasteiger partial charge in [0.05, 0.1) is 6.26 Å². The molecule has 0 aromatic carbocycles. The predicted octanol–water partition coefficient (Wildman–Crippen LogP) is -0.518. The van der Waals surface area contributed by atoms with Gasteiger partial charge in [0.15, 0.2) is 0 Å². The second-order valence-corrected chi connectivity index (χ2v) is 6.47. The molecular formula is C20H32NNaO6. The molecule has 0 radical (unpaired) electrons. The minimum absolute atomic E-state index is 0. The van der Waals surface area contributed by atoms with Gasteiger partial charge in [-0.1, -0.05) is 59.0 Å². The topological polar surface area (TPSA) is 104 Å². The minimum Gasteiger partial charge on any atom is -0.550 e. The zero-order chi connectivity index (χ0) is 20.7. The summed E-state index contributed by atoms with van der Waals surface area (Å²) in [4.78, 5) is 49.2. The molecule has 0 aliphatic heterocycles. The van der Waals surface area contributed by atoms with Gasteiger partial charge >= 0.3 is 35.5 Å². The van der Waals surface area contributed by atoms with Crippen molar-refractivity contribution in [2.75, 3.05) is 0 Å². The van der Waals surface area contributed by atoms with Gasteiger partial charge in [-0.05, 0) is 12.8 Å². The number of carboxylic acid groups (broad SMARTS) is 1. The van der Waals surface area contributed by atoms with E-state index in [1.54, 1.807) is 0 Å². The smallest absolute Gasteiger partial charge is 0.550 e. The monoisotopic (exact) mass is 405 g/mol. The van der Waals surface area contributed by atoms with Crippen molar-refractivity contribution in [2.24, 2.45) is 0 Å². The zero-order valence-electron chi connectivity index (χ0n) is 17.5. The van der Waals surface area contributed by atoms with Gasteiger partial charge in [-0.15, -0.1) is 0 Å². The van der Waals surface area contributed by atoms with E-state index in [9.17, 15) is 24.3 Å². The molecule has 1 atom stereocenters. The maximum absolute atomic E-state index is 12.6. The first-order valence-corrected chi connectivity index (χ1v) is 9.75. The normalized spacial score (nSPS) is 11.1. The third-order valence-corrected chi connectivity index (χ3v) is 4.17. The Morgan fingerprint density at radius 2 is 1.39 bits per heavy atom. The summed E-state index contributed by atoms with van der Waals surface area (Å²) in [6.07, 6.45) is 6.89. The van der Waals surface area contributed by atoms with E-state index in [0.717, 1.165) is 49.7 Å². The van der Waals surface area contributed by atoms with Crippen LogP contribution in [0.5, 0.6) is 0 Å². The average Bonchev–Trinajstić information content (AvgIpc) is 2.61. The predicted molar refractivity (Wildman–Crippen MR) is 99.1 cm³/mol. The van der Waals surface area contributed by atoms with Crippen LogP contribution >= 0.6 is 0 Å². The van der Waals surface area contributed by atoms with Gasteiger partial charge < -0.3 is 14.6 Å². The summed E-state index contributed by atoms with van der Waals surface area (Å²) in [5.41, 5.74) is 0. The number of hydrogen-bond donors (Lipinski definition) is 0. The molecule has 2 amide bonds. The molecule has 0 N–H and O–H groups in total. The van der Waals surface area contributed by atoms with Crippen LogP contribution in [0, 0.1) is 0 Å². The van der Waals surface area contributed by atoms with Crippen LogP contribution in [0.4, 0.5) is 0 Å². The van der Waals surface area contributed by atoms with E-state index >= 15 is 0 Å². The van der Waals surface area contributed by atoms with Crippen LogP contribution in [0.2, 0.25) is 0 Å². The molecule has 8 heteroatoms.